The Hall–Kier alpha value is -3.09. The van der Waals surface area contributed by atoms with Gasteiger partial charge in [0.1, 0.15) is 22.6 Å². The maximum absolute atomic E-state index is 12.3. The van der Waals surface area contributed by atoms with E-state index in [2.05, 4.69) is 9.97 Å². The number of anilines is 1. The van der Waals surface area contributed by atoms with Crippen molar-refractivity contribution in [1.82, 2.24) is 14.5 Å². The van der Waals surface area contributed by atoms with E-state index in [1.165, 1.54) is 0 Å². The summed E-state index contributed by atoms with van der Waals surface area (Å²) in [6.07, 6.45) is 1.67. The fourth-order valence-electron chi connectivity index (χ4n) is 3.60. The molecule has 0 radical (unpaired) electrons. The van der Waals surface area contributed by atoms with E-state index >= 15 is 0 Å². The number of nitrogens with zero attached hydrogens (tertiary/aromatic N) is 3. The molecule has 0 bridgehead atoms. The molecule has 1 amide bonds. The Morgan fingerprint density at radius 2 is 2.07 bits per heavy atom. The van der Waals surface area contributed by atoms with Crippen molar-refractivity contribution in [3.05, 3.63) is 40.2 Å². The molecule has 4 rings (SSSR count). The molecule has 4 N–H and O–H groups in total. The average molecular weight is 368 g/mol. The van der Waals surface area contributed by atoms with Crippen LogP contribution in [0.3, 0.4) is 0 Å². The predicted octanol–water partition coefficient (Wildman–Crippen LogP) is 2.91. The lowest BCUT2D eigenvalue weighted by Crippen LogP contribution is -2.14. The van der Waals surface area contributed by atoms with E-state index < -0.39 is 12.8 Å². The molecule has 1 aliphatic rings. The highest BCUT2D eigenvalue weighted by Gasteiger charge is 2.31. The highest BCUT2D eigenvalue weighted by Crippen LogP contribution is 2.42. The highest BCUT2D eigenvalue weighted by molar-refractivity contribution is 6.09. The number of ether oxygens (including phenoxy) is 1. The number of carbonyl (C=O) groups is 1. The van der Waals surface area contributed by atoms with Crippen molar-refractivity contribution < 1.29 is 13.6 Å². The second kappa shape index (κ2) is 5.97. The van der Waals surface area contributed by atoms with Gasteiger partial charge in [0.2, 0.25) is 0 Å². The summed E-state index contributed by atoms with van der Waals surface area (Å²) in [4.78, 5) is 21.4. The smallest absolute Gasteiger partial charge is 0.254 e. The van der Waals surface area contributed by atoms with E-state index in [1.807, 2.05) is 26.0 Å². The van der Waals surface area contributed by atoms with Crippen molar-refractivity contribution in [2.75, 3.05) is 12.8 Å². The minimum atomic E-state index is -2.45. The van der Waals surface area contributed by atoms with E-state index in [9.17, 15) is 4.79 Å². The number of benzene rings is 1. The van der Waals surface area contributed by atoms with E-state index in [0.29, 0.717) is 17.1 Å². The Labute approximate surface area is 161 Å². The van der Waals surface area contributed by atoms with Crippen molar-refractivity contribution >= 4 is 22.9 Å². The molecular formula is C20H23N5O2. The molecule has 1 saturated carbocycles. The van der Waals surface area contributed by atoms with E-state index in [4.69, 9.17) is 20.3 Å². The molecule has 0 spiro atoms. The maximum atomic E-state index is 12.3. The van der Waals surface area contributed by atoms with Crippen molar-refractivity contribution in [3.8, 4) is 11.4 Å². The molecule has 1 aliphatic carbocycles. The molecule has 140 valence electrons. The molecule has 7 heteroatoms. The van der Waals surface area contributed by atoms with Crippen LogP contribution in [0.15, 0.2) is 12.1 Å². The molecule has 0 atom stereocenters. The third-order valence-corrected chi connectivity index (χ3v) is 5.09. The summed E-state index contributed by atoms with van der Waals surface area (Å²) in [5, 5.41) is 0. The van der Waals surface area contributed by atoms with Crippen LogP contribution >= 0.6 is 0 Å². The first-order chi connectivity index (χ1) is 14.1. The summed E-state index contributed by atoms with van der Waals surface area (Å²) in [5.74, 6) is -0.0347. The van der Waals surface area contributed by atoms with Crippen LogP contribution in [-0.4, -0.2) is 27.6 Å². The number of carbonyl (C=O) groups excluding carboxylic acids is 1. The Morgan fingerprint density at radius 3 is 2.67 bits per heavy atom. The lowest BCUT2D eigenvalue weighted by atomic mass is 10.1. The standard InChI is InChI=1S/C20H23N5O2/c1-9-5-8-13(27-4)10(2)17(9)25-18(21)14(19(22)26)16-20(25)23-11(3)15(24-16)12-6-7-12/h5,8,12H,6-7,21H2,1-4H3,(H2,22,26)/i3D3. The third-order valence-electron chi connectivity index (χ3n) is 5.09. The Morgan fingerprint density at radius 1 is 1.33 bits per heavy atom. The Kier molecular flexibility index (Phi) is 3.10. The summed E-state index contributed by atoms with van der Waals surface area (Å²) < 4.78 is 30.9. The number of hydrogen-bond acceptors (Lipinski definition) is 5. The summed E-state index contributed by atoms with van der Waals surface area (Å²) in [6, 6.07) is 3.68. The van der Waals surface area contributed by atoms with Crippen LogP contribution in [0, 0.1) is 20.7 Å². The van der Waals surface area contributed by atoms with Gasteiger partial charge in [-0.3, -0.25) is 9.36 Å². The number of aromatic nitrogens is 3. The summed E-state index contributed by atoms with van der Waals surface area (Å²) in [6.45, 7) is 1.29. The first kappa shape index (κ1) is 14.0. The van der Waals surface area contributed by atoms with Gasteiger partial charge in [0.25, 0.3) is 5.91 Å². The topological polar surface area (TPSA) is 109 Å². The van der Waals surface area contributed by atoms with Crippen LogP contribution in [0.4, 0.5) is 5.82 Å². The molecule has 1 aromatic carbocycles. The zero-order chi connectivity index (χ0) is 22.0. The molecule has 0 saturated heterocycles. The largest absolute Gasteiger partial charge is 0.496 e. The number of methoxy groups -OCH3 is 1. The van der Waals surface area contributed by atoms with E-state index in [-0.39, 0.29) is 34.2 Å². The number of primary amides is 1. The number of rotatable bonds is 4. The van der Waals surface area contributed by atoms with Crippen LogP contribution in [0.1, 0.15) is 55.7 Å². The predicted molar refractivity (Wildman–Crippen MR) is 105 cm³/mol. The van der Waals surface area contributed by atoms with Gasteiger partial charge in [0, 0.05) is 15.6 Å². The maximum Gasteiger partial charge on any atom is 0.254 e. The molecule has 2 aromatic heterocycles. The first-order valence-corrected chi connectivity index (χ1v) is 8.72. The first-order valence-electron chi connectivity index (χ1n) is 10.2. The van der Waals surface area contributed by atoms with Gasteiger partial charge in [-0.25, -0.2) is 9.97 Å². The van der Waals surface area contributed by atoms with E-state index in [0.717, 1.165) is 24.0 Å². The zero-order valence-electron chi connectivity index (χ0n) is 18.5. The van der Waals surface area contributed by atoms with Gasteiger partial charge in [-0.1, -0.05) is 6.07 Å². The van der Waals surface area contributed by atoms with Crippen molar-refractivity contribution in [1.29, 1.82) is 0 Å². The molecule has 3 aromatic rings. The molecular weight excluding hydrogens is 342 g/mol. The average Bonchev–Trinajstić information content (AvgIpc) is 3.45. The van der Waals surface area contributed by atoms with Crippen molar-refractivity contribution in [2.45, 2.75) is 39.5 Å². The van der Waals surface area contributed by atoms with Gasteiger partial charge in [-0.05, 0) is 45.2 Å². The molecule has 27 heavy (non-hydrogen) atoms. The fraction of sp³-hybridized carbons (Fsp3) is 0.350. The van der Waals surface area contributed by atoms with Gasteiger partial charge in [-0.15, -0.1) is 0 Å². The number of nitrogens with two attached hydrogens (primary N) is 2. The molecule has 0 aliphatic heterocycles. The van der Waals surface area contributed by atoms with Crippen LogP contribution in [0.2, 0.25) is 0 Å². The number of amides is 1. The third kappa shape index (κ3) is 2.53. The monoisotopic (exact) mass is 368 g/mol. The molecule has 7 nitrogen and oxygen atoms in total. The van der Waals surface area contributed by atoms with Gasteiger partial charge < -0.3 is 16.2 Å². The van der Waals surface area contributed by atoms with Gasteiger partial charge in [0.05, 0.1) is 24.2 Å². The lowest BCUT2D eigenvalue weighted by Gasteiger charge is -2.17. The minimum Gasteiger partial charge on any atom is -0.496 e. The Bertz CT molecular complexity index is 1200. The number of nitrogen functional groups attached to an aromatic ring is 1. The highest BCUT2D eigenvalue weighted by atomic mass is 16.5. The van der Waals surface area contributed by atoms with Crippen LogP contribution < -0.4 is 16.2 Å². The van der Waals surface area contributed by atoms with Gasteiger partial charge in [-0.2, -0.15) is 0 Å². The van der Waals surface area contributed by atoms with Crippen molar-refractivity contribution in [3.63, 3.8) is 0 Å². The number of aryl methyl sites for hydroxylation is 2. The van der Waals surface area contributed by atoms with Crippen LogP contribution in [0.5, 0.6) is 5.75 Å². The second-order valence-corrected chi connectivity index (χ2v) is 6.92. The van der Waals surface area contributed by atoms with E-state index in [1.54, 1.807) is 11.7 Å². The molecule has 1 fully saturated rings. The fourth-order valence-corrected chi connectivity index (χ4v) is 3.60. The molecule has 2 heterocycles. The molecule has 0 unspecified atom stereocenters. The van der Waals surface area contributed by atoms with Crippen LogP contribution in [-0.2, 0) is 0 Å². The minimum absolute atomic E-state index is 0.0166. The SMILES string of the molecule is [2H]C([2H])([2H])c1nc2c(nc1C1CC1)c(C(N)=O)c(N)n2-c1c(C)ccc(OC)c1C. The quantitative estimate of drug-likeness (QED) is 0.736. The summed E-state index contributed by atoms with van der Waals surface area (Å²) in [7, 11) is 1.56. The normalized spacial score (nSPS) is 16.0. The van der Waals surface area contributed by atoms with Crippen molar-refractivity contribution in [2.24, 2.45) is 5.73 Å². The zero-order valence-corrected chi connectivity index (χ0v) is 15.5. The lowest BCUT2D eigenvalue weighted by molar-refractivity contribution is 0.100. The Balaban J connectivity index is 2.16. The number of hydrogen-bond donors (Lipinski definition) is 2. The second-order valence-electron chi connectivity index (χ2n) is 6.92. The van der Waals surface area contributed by atoms with Gasteiger partial charge >= 0.3 is 0 Å². The summed E-state index contributed by atoms with van der Waals surface area (Å²) in [5.41, 5.74) is 15.0. The van der Waals surface area contributed by atoms with Crippen LogP contribution in [0.25, 0.3) is 16.9 Å². The summed E-state index contributed by atoms with van der Waals surface area (Å²) >= 11 is 0. The van der Waals surface area contributed by atoms with Gasteiger partial charge in [0.15, 0.2) is 5.65 Å². The number of fused-ring (bicyclic) bond motifs is 1.